The Morgan fingerprint density at radius 3 is 2.10 bits per heavy atom. The fraction of sp³-hybridized carbons (Fsp3) is 0.625. The summed E-state index contributed by atoms with van der Waals surface area (Å²) in [4.78, 5) is 2.24. The Morgan fingerprint density at radius 1 is 1.05 bits per heavy atom. The highest BCUT2D eigenvalue weighted by Crippen LogP contribution is 2.42. The number of benzene rings is 1. The number of rotatable bonds is 8. The SMILES string of the molecule is COc1ccc(C(CN)N(C)CC(C)C)c(OC)c1OC. The van der Waals surface area contributed by atoms with Gasteiger partial charge in [-0.05, 0) is 25.1 Å². The first kappa shape index (κ1) is 17.6. The second kappa shape index (κ2) is 8.10. The van der Waals surface area contributed by atoms with Crippen molar-refractivity contribution in [3.05, 3.63) is 17.7 Å². The number of hydrogen-bond donors (Lipinski definition) is 1. The van der Waals surface area contributed by atoms with Gasteiger partial charge in [-0.15, -0.1) is 0 Å². The summed E-state index contributed by atoms with van der Waals surface area (Å²) >= 11 is 0. The molecule has 1 rings (SSSR count). The molecule has 1 aromatic carbocycles. The fourth-order valence-electron chi connectivity index (χ4n) is 2.63. The van der Waals surface area contributed by atoms with E-state index < -0.39 is 0 Å². The molecule has 1 aromatic rings. The normalized spacial score (nSPS) is 12.6. The Hall–Kier alpha value is -1.46. The van der Waals surface area contributed by atoms with E-state index in [9.17, 15) is 0 Å². The van der Waals surface area contributed by atoms with Gasteiger partial charge in [0.15, 0.2) is 11.5 Å². The van der Waals surface area contributed by atoms with E-state index in [1.165, 1.54) is 0 Å². The molecule has 1 atom stereocenters. The van der Waals surface area contributed by atoms with Crippen LogP contribution in [0.25, 0.3) is 0 Å². The van der Waals surface area contributed by atoms with E-state index in [4.69, 9.17) is 19.9 Å². The van der Waals surface area contributed by atoms with Gasteiger partial charge in [-0.3, -0.25) is 4.90 Å². The molecule has 120 valence electrons. The number of nitrogens with two attached hydrogens (primary N) is 1. The molecule has 0 aliphatic rings. The molecule has 0 aromatic heterocycles. The van der Waals surface area contributed by atoms with Crippen LogP contribution in [-0.4, -0.2) is 46.4 Å². The molecule has 0 amide bonds. The maximum Gasteiger partial charge on any atom is 0.203 e. The number of methoxy groups -OCH3 is 3. The van der Waals surface area contributed by atoms with E-state index in [-0.39, 0.29) is 6.04 Å². The van der Waals surface area contributed by atoms with Crippen molar-refractivity contribution in [3.8, 4) is 17.2 Å². The third-order valence-corrected chi connectivity index (χ3v) is 3.50. The molecular weight excluding hydrogens is 268 g/mol. The minimum atomic E-state index is 0.0714. The molecule has 0 spiro atoms. The highest BCUT2D eigenvalue weighted by Gasteiger charge is 2.24. The van der Waals surface area contributed by atoms with Gasteiger partial charge in [-0.1, -0.05) is 13.8 Å². The Balaban J connectivity index is 3.26. The van der Waals surface area contributed by atoms with Crippen LogP contribution >= 0.6 is 0 Å². The third kappa shape index (κ3) is 4.02. The van der Waals surface area contributed by atoms with Gasteiger partial charge < -0.3 is 19.9 Å². The van der Waals surface area contributed by atoms with Crippen LogP contribution in [0.3, 0.4) is 0 Å². The van der Waals surface area contributed by atoms with E-state index in [0.717, 1.165) is 12.1 Å². The van der Waals surface area contributed by atoms with Gasteiger partial charge in [-0.2, -0.15) is 0 Å². The fourth-order valence-corrected chi connectivity index (χ4v) is 2.63. The molecule has 0 bridgehead atoms. The molecule has 0 heterocycles. The van der Waals surface area contributed by atoms with Crippen molar-refractivity contribution in [2.24, 2.45) is 11.7 Å². The first-order valence-corrected chi connectivity index (χ1v) is 7.19. The Morgan fingerprint density at radius 2 is 1.67 bits per heavy atom. The Labute approximate surface area is 128 Å². The maximum atomic E-state index is 6.00. The monoisotopic (exact) mass is 296 g/mol. The van der Waals surface area contributed by atoms with Crippen LogP contribution in [0.2, 0.25) is 0 Å². The lowest BCUT2D eigenvalue weighted by molar-refractivity contribution is 0.217. The van der Waals surface area contributed by atoms with Crippen molar-refractivity contribution in [3.63, 3.8) is 0 Å². The third-order valence-electron chi connectivity index (χ3n) is 3.50. The van der Waals surface area contributed by atoms with Crippen LogP contribution in [0.1, 0.15) is 25.5 Å². The van der Waals surface area contributed by atoms with Crippen molar-refractivity contribution in [2.75, 3.05) is 41.5 Å². The van der Waals surface area contributed by atoms with Gasteiger partial charge in [0.2, 0.25) is 5.75 Å². The molecule has 0 aliphatic heterocycles. The smallest absolute Gasteiger partial charge is 0.203 e. The summed E-state index contributed by atoms with van der Waals surface area (Å²) in [5, 5.41) is 0. The topological polar surface area (TPSA) is 57.0 Å². The molecule has 0 saturated carbocycles. The molecule has 0 radical (unpaired) electrons. The average Bonchev–Trinajstić information content (AvgIpc) is 2.46. The lowest BCUT2D eigenvalue weighted by atomic mass is 10.0. The molecule has 21 heavy (non-hydrogen) atoms. The van der Waals surface area contributed by atoms with Crippen LogP contribution < -0.4 is 19.9 Å². The first-order valence-electron chi connectivity index (χ1n) is 7.19. The van der Waals surface area contributed by atoms with Crippen molar-refractivity contribution in [1.82, 2.24) is 4.90 Å². The van der Waals surface area contributed by atoms with Crippen LogP contribution in [0.15, 0.2) is 12.1 Å². The number of ether oxygens (including phenoxy) is 3. The van der Waals surface area contributed by atoms with Gasteiger partial charge in [-0.25, -0.2) is 0 Å². The zero-order valence-corrected chi connectivity index (χ0v) is 14.0. The van der Waals surface area contributed by atoms with E-state index in [1.807, 2.05) is 12.1 Å². The summed E-state index contributed by atoms with van der Waals surface area (Å²) in [7, 11) is 6.94. The van der Waals surface area contributed by atoms with E-state index in [0.29, 0.717) is 29.7 Å². The lowest BCUT2D eigenvalue weighted by Crippen LogP contribution is -2.33. The van der Waals surface area contributed by atoms with Crippen LogP contribution in [0.5, 0.6) is 17.2 Å². The quantitative estimate of drug-likeness (QED) is 0.797. The highest BCUT2D eigenvalue weighted by atomic mass is 16.5. The van der Waals surface area contributed by atoms with E-state index in [2.05, 4.69) is 25.8 Å². The zero-order valence-electron chi connectivity index (χ0n) is 14.0. The van der Waals surface area contributed by atoms with Crippen LogP contribution in [0.4, 0.5) is 0 Å². The van der Waals surface area contributed by atoms with Crippen molar-refractivity contribution in [1.29, 1.82) is 0 Å². The summed E-state index contributed by atoms with van der Waals surface area (Å²) in [6.07, 6.45) is 0. The van der Waals surface area contributed by atoms with Crippen molar-refractivity contribution in [2.45, 2.75) is 19.9 Å². The van der Waals surface area contributed by atoms with Crippen molar-refractivity contribution >= 4 is 0 Å². The summed E-state index contributed by atoms with van der Waals surface area (Å²) in [6.45, 7) is 5.85. The summed E-state index contributed by atoms with van der Waals surface area (Å²) in [5.74, 6) is 2.51. The number of hydrogen-bond acceptors (Lipinski definition) is 5. The van der Waals surface area contributed by atoms with Gasteiger partial charge in [0, 0.05) is 18.7 Å². The average molecular weight is 296 g/mol. The predicted molar refractivity (Wildman–Crippen MR) is 85.4 cm³/mol. The summed E-state index contributed by atoms with van der Waals surface area (Å²) in [6, 6.07) is 3.96. The lowest BCUT2D eigenvalue weighted by Gasteiger charge is -2.30. The highest BCUT2D eigenvalue weighted by molar-refractivity contribution is 5.56. The molecule has 0 fully saturated rings. The zero-order chi connectivity index (χ0) is 16.0. The largest absolute Gasteiger partial charge is 0.493 e. The van der Waals surface area contributed by atoms with E-state index >= 15 is 0 Å². The summed E-state index contributed by atoms with van der Waals surface area (Å²) < 4.78 is 16.3. The molecule has 1 unspecified atom stereocenters. The molecule has 0 aliphatic carbocycles. The van der Waals surface area contributed by atoms with Crippen LogP contribution in [0, 0.1) is 5.92 Å². The second-order valence-corrected chi connectivity index (χ2v) is 5.51. The Bertz CT molecular complexity index is 449. The Kier molecular flexibility index (Phi) is 6.78. The maximum absolute atomic E-state index is 6.00. The molecule has 2 N–H and O–H groups in total. The minimum absolute atomic E-state index is 0.0714. The van der Waals surface area contributed by atoms with Gasteiger partial charge in [0.1, 0.15) is 0 Å². The van der Waals surface area contributed by atoms with E-state index in [1.54, 1.807) is 21.3 Å². The van der Waals surface area contributed by atoms with Gasteiger partial charge >= 0.3 is 0 Å². The number of likely N-dealkylation sites (N-methyl/N-ethyl adjacent to an activating group) is 1. The molecular formula is C16H28N2O3. The molecule has 5 heteroatoms. The summed E-state index contributed by atoms with van der Waals surface area (Å²) in [5.41, 5.74) is 7.01. The number of nitrogens with zero attached hydrogens (tertiary/aromatic N) is 1. The first-order chi connectivity index (χ1) is 9.99. The van der Waals surface area contributed by atoms with Crippen molar-refractivity contribution < 1.29 is 14.2 Å². The standard InChI is InChI=1S/C16H28N2O3/c1-11(2)10-18(3)13(9-17)12-7-8-14(19-4)16(21-6)15(12)20-5/h7-8,11,13H,9-10,17H2,1-6H3. The van der Waals surface area contributed by atoms with Crippen LogP contribution in [-0.2, 0) is 0 Å². The molecule has 5 nitrogen and oxygen atoms in total. The van der Waals surface area contributed by atoms with Gasteiger partial charge in [0.05, 0.1) is 27.4 Å². The van der Waals surface area contributed by atoms with Gasteiger partial charge in [0.25, 0.3) is 0 Å². The second-order valence-electron chi connectivity index (χ2n) is 5.51. The predicted octanol–water partition coefficient (Wildman–Crippen LogP) is 2.30. The molecule has 0 saturated heterocycles. The minimum Gasteiger partial charge on any atom is -0.493 e.